The molecular weight excluding hydrogens is 264 g/mol. The van der Waals surface area contributed by atoms with Crippen molar-refractivity contribution in [2.24, 2.45) is 0 Å². The minimum absolute atomic E-state index is 0.0198. The molecule has 20 heavy (non-hydrogen) atoms. The Morgan fingerprint density at radius 1 is 1.45 bits per heavy atom. The van der Waals surface area contributed by atoms with Crippen LogP contribution in [0.4, 0.5) is 5.69 Å². The second-order valence-corrected chi connectivity index (χ2v) is 4.63. The Hall–Kier alpha value is -1.99. The van der Waals surface area contributed by atoms with Crippen molar-refractivity contribution in [2.45, 2.75) is 12.5 Å². The lowest BCUT2D eigenvalue weighted by Crippen LogP contribution is -2.48. The molecule has 0 aliphatic carbocycles. The minimum atomic E-state index is -0.918. The molecule has 1 heterocycles. The molecule has 1 aliphatic heterocycles. The third kappa shape index (κ3) is 3.52. The molecule has 0 amide bonds. The van der Waals surface area contributed by atoms with Crippen molar-refractivity contribution in [2.75, 3.05) is 26.3 Å². The van der Waals surface area contributed by atoms with Crippen LogP contribution in [0.25, 0.3) is 0 Å². The highest BCUT2D eigenvalue weighted by Gasteiger charge is 2.27. The van der Waals surface area contributed by atoms with E-state index in [1.54, 1.807) is 12.1 Å². The van der Waals surface area contributed by atoms with Crippen LogP contribution in [0.15, 0.2) is 24.3 Å². The van der Waals surface area contributed by atoms with Crippen LogP contribution < -0.4 is 0 Å². The number of carboxylic acids is 1. The molecule has 1 fully saturated rings. The summed E-state index contributed by atoms with van der Waals surface area (Å²) in [7, 11) is 0. The topological polar surface area (TPSA) is 92.9 Å². The molecule has 1 aromatic rings. The maximum absolute atomic E-state index is 11.4. The number of nitro benzene ring substituents is 1. The van der Waals surface area contributed by atoms with Crippen molar-refractivity contribution in [1.29, 1.82) is 0 Å². The van der Waals surface area contributed by atoms with E-state index in [9.17, 15) is 20.0 Å². The Morgan fingerprint density at radius 2 is 2.15 bits per heavy atom. The Morgan fingerprint density at radius 3 is 2.75 bits per heavy atom. The van der Waals surface area contributed by atoms with Gasteiger partial charge >= 0.3 is 5.97 Å². The van der Waals surface area contributed by atoms with E-state index in [2.05, 4.69) is 0 Å². The summed E-state index contributed by atoms with van der Waals surface area (Å²) in [5.41, 5.74) is 0.631. The number of ether oxygens (including phenoxy) is 1. The molecule has 7 heteroatoms. The highest BCUT2D eigenvalue weighted by atomic mass is 16.6. The summed E-state index contributed by atoms with van der Waals surface area (Å²) >= 11 is 0. The number of carbonyl (C=O) groups is 1. The molecule has 0 bridgehead atoms. The maximum Gasteiger partial charge on any atom is 0.321 e. The zero-order chi connectivity index (χ0) is 14.5. The van der Waals surface area contributed by atoms with E-state index in [-0.39, 0.29) is 12.1 Å². The van der Waals surface area contributed by atoms with Crippen LogP contribution in [0.5, 0.6) is 0 Å². The van der Waals surface area contributed by atoms with E-state index in [1.165, 1.54) is 12.1 Å². The van der Waals surface area contributed by atoms with Crippen molar-refractivity contribution in [3.05, 3.63) is 39.9 Å². The van der Waals surface area contributed by atoms with Gasteiger partial charge in [0.1, 0.15) is 6.04 Å². The second-order valence-electron chi connectivity index (χ2n) is 4.63. The third-order valence-corrected chi connectivity index (χ3v) is 3.32. The predicted octanol–water partition coefficient (Wildman–Crippen LogP) is 0.923. The molecule has 1 atom stereocenters. The van der Waals surface area contributed by atoms with E-state index in [1.807, 2.05) is 4.90 Å². The number of carboxylic acid groups (broad SMARTS) is 1. The number of morpholine rings is 1. The van der Waals surface area contributed by atoms with Gasteiger partial charge in [0.2, 0.25) is 0 Å². The largest absolute Gasteiger partial charge is 0.480 e. The van der Waals surface area contributed by atoms with Gasteiger partial charge < -0.3 is 9.84 Å². The van der Waals surface area contributed by atoms with Crippen LogP contribution in [0.1, 0.15) is 5.56 Å². The molecular formula is C13H16N2O5. The fraction of sp³-hybridized carbons (Fsp3) is 0.462. The fourth-order valence-electron chi connectivity index (χ4n) is 2.28. The number of nitro groups is 1. The fourth-order valence-corrected chi connectivity index (χ4v) is 2.28. The molecule has 0 radical (unpaired) electrons. The van der Waals surface area contributed by atoms with E-state index < -0.39 is 16.9 Å². The zero-order valence-corrected chi connectivity index (χ0v) is 10.9. The predicted molar refractivity (Wildman–Crippen MR) is 70.6 cm³/mol. The molecule has 1 aliphatic rings. The summed E-state index contributed by atoms with van der Waals surface area (Å²) in [6.07, 6.45) is 0.247. The number of nitrogens with zero attached hydrogens (tertiary/aromatic N) is 2. The van der Waals surface area contributed by atoms with E-state index >= 15 is 0 Å². The molecule has 0 aromatic heterocycles. The summed E-state index contributed by atoms with van der Waals surface area (Å²) in [5, 5.41) is 20.1. The van der Waals surface area contributed by atoms with Crippen molar-refractivity contribution >= 4 is 11.7 Å². The highest BCUT2D eigenvalue weighted by molar-refractivity contribution is 5.74. The number of rotatable bonds is 5. The normalized spacial score (nSPS) is 17.6. The summed E-state index contributed by atoms with van der Waals surface area (Å²) in [4.78, 5) is 23.5. The Labute approximate surface area is 115 Å². The minimum Gasteiger partial charge on any atom is -0.480 e. The molecule has 2 rings (SSSR count). The molecule has 1 saturated heterocycles. The molecule has 1 N–H and O–H groups in total. The van der Waals surface area contributed by atoms with Crippen LogP contribution in [-0.2, 0) is 16.0 Å². The van der Waals surface area contributed by atoms with Gasteiger partial charge in [0.05, 0.1) is 18.1 Å². The summed E-state index contributed by atoms with van der Waals surface area (Å²) in [6, 6.07) is 5.43. The van der Waals surface area contributed by atoms with Gasteiger partial charge in [0.15, 0.2) is 0 Å². The number of non-ortho nitro benzene ring substituents is 1. The van der Waals surface area contributed by atoms with Crippen LogP contribution in [0.3, 0.4) is 0 Å². The molecule has 1 aromatic carbocycles. The molecule has 0 spiro atoms. The molecule has 7 nitrogen and oxygen atoms in total. The first-order valence-corrected chi connectivity index (χ1v) is 6.36. The van der Waals surface area contributed by atoms with Crippen molar-refractivity contribution in [1.82, 2.24) is 4.90 Å². The quantitative estimate of drug-likeness (QED) is 0.637. The van der Waals surface area contributed by atoms with Gasteiger partial charge in [-0.25, -0.2) is 0 Å². The molecule has 108 valence electrons. The first-order valence-electron chi connectivity index (χ1n) is 6.36. The monoisotopic (exact) mass is 280 g/mol. The standard InChI is InChI=1S/C13H16N2O5/c16-13(17)12(14-4-6-20-7-5-14)9-10-2-1-3-11(8-10)15(18)19/h1-3,8,12H,4-7,9H2,(H,16,17)/t12-/m0/s1. The van der Waals surface area contributed by atoms with Gasteiger partial charge in [-0.3, -0.25) is 19.8 Å². The average molecular weight is 280 g/mol. The van der Waals surface area contributed by atoms with Gasteiger partial charge in [-0.1, -0.05) is 12.1 Å². The van der Waals surface area contributed by atoms with Gasteiger partial charge in [-0.15, -0.1) is 0 Å². The second kappa shape index (κ2) is 6.44. The van der Waals surface area contributed by atoms with Crippen LogP contribution in [-0.4, -0.2) is 53.2 Å². The average Bonchev–Trinajstić information content (AvgIpc) is 2.45. The first kappa shape index (κ1) is 14.4. The Kier molecular flexibility index (Phi) is 4.65. The van der Waals surface area contributed by atoms with Crippen molar-refractivity contribution in [3.8, 4) is 0 Å². The summed E-state index contributed by atoms with van der Waals surface area (Å²) in [6.45, 7) is 2.15. The zero-order valence-electron chi connectivity index (χ0n) is 10.9. The summed E-state index contributed by atoms with van der Waals surface area (Å²) in [5.74, 6) is -0.918. The van der Waals surface area contributed by atoms with Gasteiger partial charge in [0.25, 0.3) is 5.69 Å². The molecule has 0 unspecified atom stereocenters. The van der Waals surface area contributed by atoms with Crippen LogP contribution in [0.2, 0.25) is 0 Å². The SMILES string of the molecule is O=C(O)[C@H](Cc1cccc([N+](=O)[O-])c1)N1CCOCC1. The summed E-state index contributed by atoms with van der Waals surface area (Å²) < 4.78 is 5.21. The number of aliphatic carboxylic acids is 1. The van der Waals surface area contributed by atoms with E-state index in [0.717, 1.165) is 0 Å². The van der Waals surface area contributed by atoms with Gasteiger partial charge in [0, 0.05) is 25.2 Å². The number of benzene rings is 1. The van der Waals surface area contributed by atoms with E-state index in [4.69, 9.17) is 4.74 Å². The number of hydrogen-bond donors (Lipinski definition) is 1. The number of hydrogen-bond acceptors (Lipinski definition) is 5. The van der Waals surface area contributed by atoms with Crippen molar-refractivity contribution in [3.63, 3.8) is 0 Å². The first-order chi connectivity index (χ1) is 9.58. The smallest absolute Gasteiger partial charge is 0.321 e. The highest BCUT2D eigenvalue weighted by Crippen LogP contribution is 2.17. The maximum atomic E-state index is 11.4. The van der Waals surface area contributed by atoms with Gasteiger partial charge in [-0.2, -0.15) is 0 Å². The van der Waals surface area contributed by atoms with Crippen LogP contribution >= 0.6 is 0 Å². The molecule has 0 saturated carbocycles. The lowest BCUT2D eigenvalue weighted by atomic mass is 10.0. The lowest BCUT2D eigenvalue weighted by Gasteiger charge is -2.31. The van der Waals surface area contributed by atoms with E-state index in [0.29, 0.717) is 31.9 Å². The van der Waals surface area contributed by atoms with Crippen LogP contribution in [0, 0.1) is 10.1 Å². The Bertz CT molecular complexity index is 499. The van der Waals surface area contributed by atoms with Gasteiger partial charge in [-0.05, 0) is 12.0 Å². The Balaban J connectivity index is 2.13. The van der Waals surface area contributed by atoms with Crippen molar-refractivity contribution < 1.29 is 19.6 Å². The third-order valence-electron chi connectivity index (χ3n) is 3.32. The lowest BCUT2D eigenvalue weighted by molar-refractivity contribution is -0.384.